The summed E-state index contributed by atoms with van der Waals surface area (Å²) in [4.78, 5) is 17.8. The molecule has 136 valence electrons. The zero-order valence-electron chi connectivity index (χ0n) is 15.2. The normalized spacial score (nSPS) is 29.5. The fourth-order valence-electron chi connectivity index (χ4n) is 4.49. The Hall–Kier alpha value is -1.59. The van der Waals surface area contributed by atoms with Gasteiger partial charge in [0.2, 0.25) is 0 Å². The average molecular weight is 344 g/mol. The zero-order valence-corrected chi connectivity index (χ0v) is 15.2. The number of methoxy groups -OCH3 is 2. The lowest BCUT2D eigenvalue weighted by atomic mass is 9.88. The number of hydrogen-bond donors (Lipinski definition) is 0. The Morgan fingerprint density at radius 1 is 1.12 bits per heavy atom. The van der Waals surface area contributed by atoms with Crippen LogP contribution in [0.2, 0.25) is 0 Å². The molecule has 2 heterocycles. The van der Waals surface area contributed by atoms with E-state index >= 15 is 0 Å². The number of nitrogens with zero attached hydrogens (tertiary/aromatic N) is 2. The molecule has 0 N–H and O–H groups in total. The Balaban J connectivity index is 1.50. The molecule has 1 aromatic carbocycles. The molecule has 1 amide bonds. The molecule has 2 aliphatic heterocycles. The molecule has 5 nitrogen and oxygen atoms in total. The third kappa shape index (κ3) is 3.40. The molecule has 25 heavy (non-hydrogen) atoms. The van der Waals surface area contributed by atoms with Gasteiger partial charge < -0.3 is 19.3 Å². The highest BCUT2D eigenvalue weighted by Gasteiger charge is 2.46. The lowest BCUT2D eigenvalue weighted by molar-refractivity contribution is -0.0156. The fraction of sp³-hybridized carbons (Fsp3) is 0.650. The van der Waals surface area contributed by atoms with Crippen LogP contribution in [0, 0.1) is 11.8 Å². The van der Waals surface area contributed by atoms with Gasteiger partial charge in [0.25, 0.3) is 5.91 Å². The van der Waals surface area contributed by atoms with Crippen LogP contribution in [0.25, 0.3) is 0 Å². The van der Waals surface area contributed by atoms with Crippen LogP contribution in [0.4, 0.5) is 0 Å². The van der Waals surface area contributed by atoms with E-state index in [1.165, 1.54) is 19.4 Å². The smallest absolute Gasteiger partial charge is 0.254 e. The topological polar surface area (TPSA) is 42.0 Å². The first-order valence-corrected chi connectivity index (χ1v) is 9.39. The van der Waals surface area contributed by atoms with E-state index in [1.54, 1.807) is 7.11 Å². The van der Waals surface area contributed by atoms with Crippen molar-refractivity contribution in [3.05, 3.63) is 29.8 Å². The molecule has 1 aromatic rings. The van der Waals surface area contributed by atoms with Crippen LogP contribution in [0.3, 0.4) is 0 Å². The highest BCUT2D eigenvalue weighted by Crippen LogP contribution is 2.36. The van der Waals surface area contributed by atoms with E-state index in [0.29, 0.717) is 5.92 Å². The zero-order chi connectivity index (χ0) is 17.4. The van der Waals surface area contributed by atoms with Gasteiger partial charge in [-0.05, 0) is 49.4 Å². The van der Waals surface area contributed by atoms with E-state index in [-0.39, 0.29) is 18.1 Å². The van der Waals surface area contributed by atoms with Gasteiger partial charge in [0.1, 0.15) is 5.75 Å². The maximum absolute atomic E-state index is 13.1. The molecule has 3 aliphatic rings. The van der Waals surface area contributed by atoms with Gasteiger partial charge in [-0.2, -0.15) is 0 Å². The van der Waals surface area contributed by atoms with Crippen LogP contribution >= 0.6 is 0 Å². The van der Waals surface area contributed by atoms with Crippen molar-refractivity contribution in [1.82, 2.24) is 9.80 Å². The Kier molecular flexibility index (Phi) is 4.69. The van der Waals surface area contributed by atoms with E-state index in [2.05, 4.69) is 9.80 Å². The van der Waals surface area contributed by atoms with Crippen LogP contribution < -0.4 is 4.74 Å². The molecule has 0 radical (unpaired) electrons. The van der Waals surface area contributed by atoms with E-state index in [1.807, 2.05) is 31.4 Å². The van der Waals surface area contributed by atoms with Crippen molar-refractivity contribution in [2.24, 2.45) is 11.8 Å². The highest BCUT2D eigenvalue weighted by atomic mass is 16.5. The summed E-state index contributed by atoms with van der Waals surface area (Å²) in [6, 6.07) is 7.74. The molecule has 0 aromatic heterocycles. The van der Waals surface area contributed by atoms with Crippen LogP contribution in [-0.4, -0.2) is 68.3 Å². The number of rotatable bonds is 5. The maximum atomic E-state index is 13.1. The van der Waals surface area contributed by atoms with Gasteiger partial charge in [-0.25, -0.2) is 0 Å². The van der Waals surface area contributed by atoms with Crippen molar-refractivity contribution < 1.29 is 14.3 Å². The number of fused-ring (bicyclic) bond motifs is 1. The SMILES string of the molecule is COc1ccc(C(=O)N2CC[C@H](OC)[C@H]3CN(CC4CC4)C[C@H]32)cc1. The molecular weight excluding hydrogens is 316 g/mol. The summed E-state index contributed by atoms with van der Waals surface area (Å²) in [7, 11) is 3.45. The molecular formula is C20H28N2O3. The molecule has 0 spiro atoms. The third-order valence-corrected chi connectivity index (χ3v) is 6.05. The van der Waals surface area contributed by atoms with E-state index < -0.39 is 0 Å². The van der Waals surface area contributed by atoms with Gasteiger partial charge in [0, 0.05) is 44.8 Å². The standard InChI is InChI=1S/C20H28N2O3/c1-24-16-7-5-15(6-8-16)20(23)22-10-9-19(25-2)17-12-21(13-18(17)22)11-14-3-4-14/h5-8,14,17-19H,3-4,9-13H2,1-2H3/t17-,18+,19-/m0/s1. The van der Waals surface area contributed by atoms with Crippen LogP contribution in [0.5, 0.6) is 5.75 Å². The fourth-order valence-corrected chi connectivity index (χ4v) is 4.49. The highest BCUT2D eigenvalue weighted by molar-refractivity contribution is 5.94. The van der Waals surface area contributed by atoms with Crippen molar-refractivity contribution in [2.45, 2.75) is 31.4 Å². The Morgan fingerprint density at radius 3 is 2.52 bits per heavy atom. The predicted octanol–water partition coefficient (Wildman–Crippen LogP) is 2.27. The number of carbonyl (C=O) groups excluding carboxylic acids is 1. The average Bonchev–Trinajstić information content (AvgIpc) is 3.36. The summed E-state index contributed by atoms with van der Waals surface area (Å²) in [5.41, 5.74) is 0.746. The molecule has 0 unspecified atom stereocenters. The van der Waals surface area contributed by atoms with E-state index in [4.69, 9.17) is 9.47 Å². The largest absolute Gasteiger partial charge is 0.497 e. The van der Waals surface area contributed by atoms with Gasteiger partial charge >= 0.3 is 0 Å². The number of likely N-dealkylation sites (tertiary alicyclic amines) is 2. The number of benzene rings is 1. The maximum Gasteiger partial charge on any atom is 0.254 e. The van der Waals surface area contributed by atoms with E-state index in [9.17, 15) is 4.79 Å². The monoisotopic (exact) mass is 344 g/mol. The molecule has 3 fully saturated rings. The van der Waals surface area contributed by atoms with Gasteiger partial charge in [-0.15, -0.1) is 0 Å². The second kappa shape index (κ2) is 6.96. The van der Waals surface area contributed by atoms with Crippen LogP contribution in [-0.2, 0) is 4.74 Å². The number of hydrogen-bond acceptors (Lipinski definition) is 4. The van der Waals surface area contributed by atoms with Gasteiger partial charge in [0.15, 0.2) is 0 Å². The molecule has 2 saturated heterocycles. The van der Waals surface area contributed by atoms with Crippen molar-refractivity contribution >= 4 is 5.91 Å². The molecule has 5 heteroatoms. The second-order valence-corrected chi connectivity index (χ2v) is 7.68. The summed E-state index contributed by atoms with van der Waals surface area (Å²) < 4.78 is 11.0. The Morgan fingerprint density at radius 2 is 1.88 bits per heavy atom. The molecule has 4 rings (SSSR count). The molecule has 1 aliphatic carbocycles. The van der Waals surface area contributed by atoms with Crippen molar-refractivity contribution in [1.29, 1.82) is 0 Å². The summed E-state index contributed by atoms with van der Waals surface area (Å²) in [6.07, 6.45) is 3.94. The molecule has 3 atom stereocenters. The minimum Gasteiger partial charge on any atom is -0.497 e. The Labute approximate surface area is 149 Å². The summed E-state index contributed by atoms with van der Waals surface area (Å²) in [5.74, 6) is 2.23. The van der Waals surface area contributed by atoms with E-state index in [0.717, 1.165) is 43.3 Å². The van der Waals surface area contributed by atoms with Crippen molar-refractivity contribution in [3.8, 4) is 5.75 Å². The Bertz CT molecular complexity index is 614. The lowest BCUT2D eigenvalue weighted by Crippen LogP contribution is -2.53. The first kappa shape index (κ1) is 16.9. The van der Waals surface area contributed by atoms with Gasteiger partial charge in [-0.3, -0.25) is 4.79 Å². The first-order valence-electron chi connectivity index (χ1n) is 9.39. The third-order valence-electron chi connectivity index (χ3n) is 6.05. The van der Waals surface area contributed by atoms with Crippen LogP contribution in [0.1, 0.15) is 29.6 Å². The minimum atomic E-state index is 0.139. The summed E-state index contributed by atoms with van der Waals surface area (Å²) in [5, 5.41) is 0. The molecule has 0 bridgehead atoms. The summed E-state index contributed by atoms with van der Waals surface area (Å²) in [6.45, 7) is 4.02. The van der Waals surface area contributed by atoms with Crippen LogP contribution in [0.15, 0.2) is 24.3 Å². The molecule has 1 saturated carbocycles. The number of carbonyl (C=O) groups is 1. The lowest BCUT2D eigenvalue weighted by Gasteiger charge is -2.41. The second-order valence-electron chi connectivity index (χ2n) is 7.68. The number of amides is 1. The van der Waals surface area contributed by atoms with Crippen molar-refractivity contribution in [2.75, 3.05) is 40.4 Å². The summed E-state index contributed by atoms with van der Waals surface area (Å²) >= 11 is 0. The number of piperidine rings is 1. The first-order chi connectivity index (χ1) is 12.2. The number of ether oxygens (including phenoxy) is 2. The van der Waals surface area contributed by atoms with Crippen molar-refractivity contribution in [3.63, 3.8) is 0 Å². The van der Waals surface area contributed by atoms with Gasteiger partial charge in [0.05, 0.1) is 19.3 Å². The minimum absolute atomic E-state index is 0.139. The van der Waals surface area contributed by atoms with Gasteiger partial charge in [-0.1, -0.05) is 0 Å². The quantitative estimate of drug-likeness (QED) is 0.822. The predicted molar refractivity (Wildman–Crippen MR) is 95.9 cm³/mol.